The van der Waals surface area contributed by atoms with E-state index < -0.39 is 6.04 Å². The van der Waals surface area contributed by atoms with E-state index in [0.29, 0.717) is 13.0 Å². The number of carbonyl (C=O) groups excluding carboxylic acids is 1. The number of hydrogen-bond acceptors (Lipinski definition) is 4. The molecule has 94 valence electrons. The second kappa shape index (κ2) is 6.18. The van der Waals surface area contributed by atoms with Crippen LogP contribution in [0.2, 0.25) is 0 Å². The normalized spacial score (nSPS) is 26.8. The third kappa shape index (κ3) is 3.17. The quantitative estimate of drug-likeness (QED) is 0.721. The number of likely N-dealkylation sites (N-methyl/N-ethyl adjacent to an activating group) is 1. The van der Waals surface area contributed by atoms with Crippen molar-refractivity contribution in [1.82, 2.24) is 4.90 Å². The molecular formula is C11H22N2O3. The molecule has 1 amide bonds. The first-order valence-electron chi connectivity index (χ1n) is 5.70. The fourth-order valence-corrected chi connectivity index (χ4v) is 2.02. The number of nitrogens with two attached hydrogens (primary N) is 1. The van der Waals surface area contributed by atoms with E-state index in [1.54, 1.807) is 19.1 Å². The molecular weight excluding hydrogens is 208 g/mol. The van der Waals surface area contributed by atoms with E-state index in [9.17, 15) is 4.79 Å². The Kier molecular flexibility index (Phi) is 5.18. The molecule has 0 bridgehead atoms. The van der Waals surface area contributed by atoms with Crippen molar-refractivity contribution in [2.45, 2.75) is 38.0 Å². The first-order chi connectivity index (χ1) is 7.57. The Morgan fingerprint density at radius 3 is 2.88 bits per heavy atom. The highest BCUT2D eigenvalue weighted by Gasteiger charge is 2.32. The Balaban J connectivity index is 2.45. The number of hydrogen-bond donors (Lipinski definition) is 1. The van der Waals surface area contributed by atoms with Gasteiger partial charge in [-0.1, -0.05) is 0 Å². The number of ether oxygens (including phenoxy) is 2. The van der Waals surface area contributed by atoms with Crippen molar-refractivity contribution in [2.24, 2.45) is 5.73 Å². The smallest absolute Gasteiger partial charge is 0.239 e. The lowest BCUT2D eigenvalue weighted by molar-refractivity contribution is -0.134. The Bertz CT molecular complexity index is 235. The molecule has 1 saturated heterocycles. The lowest BCUT2D eigenvalue weighted by Crippen LogP contribution is -2.49. The van der Waals surface area contributed by atoms with Crippen molar-refractivity contribution < 1.29 is 14.3 Å². The van der Waals surface area contributed by atoms with E-state index in [-0.39, 0.29) is 18.1 Å². The summed E-state index contributed by atoms with van der Waals surface area (Å²) in [6.07, 6.45) is 1.55. The predicted molar refractivity (Wildman–Crippen MR) is 61.1 cm³/mol. The van der Waals surface area contributed by atoms with E-state index in [1.807, 2.05) is 6.92 Å². The minimum absolute atomic E-state index is 0.0283. The zero-order valence-electron chi connectivity index (χ0n) is 10.3. The van der Waals surface area contributed by atoms with Crippen molar-refractivity contribution in [2.75, 3.05) is 27.4 Å². The van der Waals surface area contributed by atoms with Crippen LogP contribution in [0.5, 0.6) is 0 Å². The van der Waals surface area contributed by atoms with E-state index in [4.69, 9.17) is 15.2 Å². The van der Waals surface area contributed by atoms with Crippen molar-refractivity contribution in [3.05, 3.63) is 0 Å². The third-order valence-corrected chi connectivity index (χ3v) is 3.13. The maximum absolute atomic E-state index is 12.0. The molecule has 0 aromatic rings. The van der Waals surface area contributed by atoms with Gasteiger partial charge in [0, 0.05) is 27.4 Å². The minimum atomic E-state index is -0.474. The summed E-state index contributed by atoms with van der Waals surface area (Å²) in [5.41, 5.74) is 5.81. The molecule has 2 N–H and O–H groups in total. The highest BCUT2D eigenvalue weighted by Crippen LogP contribution is 2.18. The third-order valence-electron chi connectivity index (χ3n) is 3.13. The van der Waals surface area contributed by atoms with E-state index in [1.165, 1.54) is 0 Å². The molecule has 1 rings (SSSR count). The zero-order chi connectivity index (χ0) is 12.1. The molecule has 1 aliphatic heterocycles. The van der Waals surface area contributed by atoms with Gasteiger partial charge >= 0.3 is 0 Å². The average molecular weight is 230 g/mol. The molecule has 16 heavy (non-hydrogen) atoms. The molecule has 5 nitrogen and oxygen atoms in total. The van der Waals surface area contributed by atoms with Crippen LogP contribution in [0.15, 0.2) is 0 Å². The lowest BCUT2D eigenvalue weighted by atomic mass is 10.1. The molecule has 3 atom stereocenters. The maximum Gasteiger partial charge on any atom is 0.239 e. The monoisotopic (exact) mass is 230 g/mol. The average Bonchev–Trinajstić information content (AvgIpc) is 2.70. The topological polar surface area (TPSA) is 64.8 Å². The summed E-state index contributed by atoms with van der Waals surface area (Å²) in [6, 6.07) is -0.321. The fourth-order valence-electron chi connectivity index (χ4n) is 2.02. The largest absolute Gasteiger partial charge is 0.385 e. The van der Waals surface area contributed by atoms with Crippen LogP contribution >= 0.6 is 0 Å². The van der Waals surface area contributed by atoms with Gasteiger partial charge in [0.1, 0.15) is 0 Å². The van der Waals surface area contributed by atoms with Crippen LogP contribution in [0.25, 0.3) is 0 Å². The number of methoxy groups -OCH3 is 1. The fraction of sp³-hybridized carbons (Fsp3) is 0.909. The standard InChI is InChI=1S/C11H22N2O3/c1-8-10(5-7-16-8)13(2)11(14)9(12)4-6-15-3/h8-10H,4-7,12H2,1-3H3. The molecule has 1 fully saturated rings. The molecule has 0 radical (unpaired) electrons. The van der Waals surface area contributed by atoms with Gasteiger partial charge < -0.3 is 20.1 Å². The van der Waals surface area contributed by atoms with Gasteiger partial charge in [-0.2, -0.15) is 0 Å². The van der Waals surface area contributed by atoms with Crippen LogP contribution in [0.1, 0.15) is 19.8 Å². The van der Waals surface area contributed by atoms with Gasteiger partial charge in [-0.25, -0.2) is 0 Å². The summed E-state index contributed by atoms with van der Waals surface area (Å²) in [4.78, 5) is 13.7. The van der Waals surface area contributed by atoms with Crippen molar-refractivity contribution in [3.63, 3.8) is 0 Å². The molecule has 3 unspecified atom stereocenters. The van der Waals surface area contributed by atoms with Crippen molar-refractivity contribution in [1.29, 1.82) is 0 Å². The maximum atomic E-state index is 12.0. The van der Waals surface area contributed by atoms with E-state index >= 15 is 0 Å². The summed E-state index contributed by atoms with van der Waals surface area (Å²) in [7, 11) is 3.40. The molecule has 0 saturated carbocycles. The molecule has 0 spiro atoms. The number of rotatable bonds is 5. The van der Waals surface area contributed by atoms with Gasteiger partial charge in [0.15, 0.2) is 0 Å². The lowest BCUT2D eigenvalue weighted by Gasteiger charge is -2.29. The Hall–Kier alpha value is -0.650. The first-order valence-corrected chi connectivity index (χ1v) is 5.70. The van der Waals surface area contributed by atoms with E-state index in [0.717, 1.165) is 13.0 Å². The highest BCUT2D eigenvalue weighted by molar-refractivity contribution is 5.81. The van der Waals surface area contributed by atoms with Crippen LogP contribution in [-0.4, -0.2) is 56.4 Å². The van der Waals surface area contributed by atoms with Crippen LogP contribution in [0, 0.1) is 0 Å². The molecule has 5 heteroatoms. The Labute approximate surface area is 96.9 Å². The summed E-state index contributed by atoms with van der Waals surface area (Å²) >= 11 is 0. The van der Waals surface area contributed by atoms with Gasteiger partial charge in [0.25, 0.3) is 0 Å². The van der Waals surface area contributed by atoms with Crippen LogP contribution < -0.4 is 5.73 Å². The molecule has 0 aromatic carbocycles. The second-order valence-corrected chi connectivity index (χ2v) is 4.27. The van der Waals surface area contributed by atoms with Crippen molar-refractivity contribution >= 4 is 5.91 Å². The molecule has 0 aliphatic carbocycles. The number of carbonyl (C=O) groups is 1. The van der Waals surface area contributed by atoms with Gasteiger partial charge in [-0.05, 0) is 19.8 Å². The van der Waals surface area contributed by atoms with Gasteiger partial charge in [0.2, 0.25) is 5.91 Å². The van der Waals surface area contributed by atoms with E-state index in [2.05, 4.69) is 0 Å². The Morgan fingerprint density at radius 1 is 1.69 bits per heavy atom. The SMILES string of the molecule is COCCC(N)C(=O)N(C)C1CCOC1C. The number of nitrogens with zero attached hydrogens (tertiary/aromatic N) is 1. The van der Waals surface area contributed by atoms with Crippen LogP contribution in [0.4, 0.5) is 0 Å². The van der Waals surface area contributed by atoms with Crippen LogP contribution in [0.3, 0.4) is 0 Å². The second-order valence-electron chi connectivity index (χ2n) is 4.27. The number of amides is 1. The van der Waals surface area contributed by atoms with Gasteiger partial charge in [-0.15, -0.1) is 0 Å². The predicted octanol–water partition coefficient (Wildman–Crippen LogP) is -0.0140. The summed E-state index contributed by atoms with van der Waals surface area (Å²) in [5, 5.41) is 0. The summed E-state index contributed by atoms with van der Waals surface area (Å²) in [5.74, 6) is -0.0283. The minimum Gasteiger partial charge on any atom is -0.385 e. The molecule has 1 aliphatic rings. The highest BCUT2D eigenvalue weighted by atomic mass is 16.5. The zero-order valence-corrected chi connectivity index (χ0v) is 10.3. The van der Waals surface area contributed by atoms with Gasteiger partial charge in [0.05, 0.1) is 18.2 Å². The van der Waals surface area contributed by atoms with Crippen LogP contribution in [-0.2, 0) is 14.3 Å². The molecule has 0 aromatic heterocycles. The first kappa shape index (κ1) is 13.4. The summed E-state index contributed by atoms with van der Waals surface area (Å²) in [6.45, 7) is 3.22. The molecule has 1 heterocycles. The van der Waals surface area contributed by atoms with Crippen molar-refractivity contribution in [3.8, 4) is 0 Å². The van der Waals surface area contributed by atoms with Gasteiger partial charge in [-0.3, -0.25) is 4.79 Å². The Morgan fingerprint density at radius 2 is 2.38 bits per heavy atom. The summed E-state index contributed by atoms with van der Waals surface area (Å²) < 4.78 is 10.4.